The fourth-order valence-corrected chi connectivity index (χ4v) is 4.14. The lowest BCUT2D eigenvalue weighted by Gasteiger charge is -2.41. The fraction of sp³-hybridized carbons (Fsp3) is 0.632. The molecule has 26 heavy (non-hydrogen) atoms. The molecule has 3 aliphatic heterocycles. The van der Waals surface area contributed by atoms with Gasteiger partial charge in [-0.3, -0.25) is 14.4 Å². The number of carbonyl (C=O) groups excluding carboxylic acids is 2. The number of hydrogen-bond donors (Lipinski definition) is 0. The van der Waals surface area contributed by atoms with Gasteiger partial charge in [0.15, 0.2) is 0 Å². The number of hydroxylamine groups is 2. The van der Waals surface area contributed by atoms with Crippen molar-refractivity contribution in [3.63, 3.8) is 0 Å². The minimum Gasteiger partial charge on any atom is -0.376 e. The van der Waals surface area contributed by atoms with E-state index in [9.17, 15) is 9.59 Å². The molecular formula is C19H25N3O4. The summed E-state index contributed by atoms with van der Waals surface area (Å²) in [5, 5.41) is 1.48. The van der Waals surface area contributed by atoms with Gasteiger partial charge in [0, 0.05) is 25.4 Å². The van der Waals surface area contributed by atoms with Crippen LogP contribution in [0.5, 0.6) is 0 Å². The topological polar surface area (TPSA) is 72.0 Å². The van der Waals surface area contributed by atoms with Gasteiger partial charge in [-0.1, -0.05) is 6.07 Å². The molecule has 7 nitrogen and oxygen atoms in total. The average molecular weight is 359 g/mol. The molecule has 1 aromatic heterocycles. The second kappa shape index (κ2) is 7.32. The normalized spacial score (nSPS) is 28.7. The fourth-order valence-electron chi connectivity index (χ4n) is 4.14. The van der Waals surface area contributed by atoms with Crippen LogP contribution in [0.2, 0.25) is 0 Å². The number of amides is 2. The molecule has 3 aliphatic rings. The Bertz CT molecular complexity index is 689. The first-order valence-electron chi connectivity index (χ1n) is 9.44. The highest BCUT2D eigenvalue weighted by Crippen LogP contribution is 2.33. The van der Waals surface area contributed by atoms with Crippen molar-refractivity contribution in [2.45, 2.75) is 44.8 Å². The van der Waals surface area contributed by atoms with Gasteiger partial charge in [-0.15, -0.1) is 0 Å². The number of ether oxygens (including phenoxy) is 1. The summed E-state index contributed by atoms with van der Waals surface area (Å²) in [5.41, 5.74) is 1.24. The number of aryl methyl sites for hydroxylation is 1. The molecule has 0 unspecified atom stereocenters. The van der Waals surface area contributed by atoms with E-state index in [1.54, 1.807) is 11.0 Å². The van der Waals surface area contributed by atoms with Gasteiger partial charge >= 0.3 is 0 Å². The maximum absolute atomic E-state index is 13.1. The number of likely N-dealkylation sites (tertiary alicyclic amines) is 1. The summed E-state index contributed by atoms with van der Waals surface area (Å²) in [5.74, 6) is -0.443. The van der Waals surface area contributed by atoms with Gasteiger partial charge in [-0.25, -0.2) is 10.0 Å². The lowest BCUT2D eigenvalue weighted by atomic mass is 9.89. The maximum atomic E-state index is 13.1. The number of nitrogens with zero attached hydrogens (tertiary/aromatic N) is 3. The monoisotopic (exact) mass is 359 g/mol. The zero-order valence-electron chi connectivity index (χ0n) is 15.1. The van der Waals surface area contributed by atoms with Crippen LogP contribution < -0.4 is 0 Å². The Labute approximate surface area is 153 Å². The van der Waals surface area contributed by atoms with Gasteiger partial charge in [0.1, 0.15) is 5.69 Å². The molecule has 0 saturated carbocycles. The molecule has 0 aliphatic carbocycles. The van der Waals surface area contributed by atoms with E-state index in [1.807, 2.05) is 19.1 Å². The predicted molar refractivity (Wildman–Crippen MR) is 93.2 cm³/mol. The van der Waals surface area contributed by atoms with E-state index >= 15 is 0 Å². The Morgan fingerprint density at radius 2 is 2.12 bits per heavy atom. The van der Waals surface area contributed by atoms with Crippen LogP contribution in [0.3, 0.4) is 0 Å². The van der Waals surface area contributed by atoms with Crippen LogP contribution in [-0.4, -0.2) is 65.2 Å². The summed E-state index contributed by atoms with van der Waals surface area (Å²) in [4.78, 5) is 37.7. The third-order valence-corrected chi connectivity index (χ3v) is 5.47. The maximum Gasteiger partial charge on any atom is 0.272 e. The number of hydrogen-bond acceptors (Lipinski definition) is 5. The minimum atomic E-state index is -0.291. The van der Waals surface area contributed by atoms with Crippen LogP contribution in [0, 0.1) is 12.8 Å². The van der Waals surface area contributed by atoms with Gasteiger partial charge < -0.3 is 9.64 Å². The second-order valence-electron chi connectivity index (χ2n) is 7.30. The van der Waals surface area contributed by atoms with E-state index in [2.05, 4.69) is 4.98 Å². The quantitative estimate of drug-likeness (QED) is 0.801. The van der Waals surface area contributed by atoms with Crippen molar-refractivity contribution in [3.05, 3.63) is 29.6 Å². The van der Waals surface area contributed by atoms with Crippen LogP contribution in [0.1, 0.15) is 41.9 Å². The van der Waals surface area contributed by atoms with Gasteiger partial charge in [-0.05, 0) is 44.7 Å². The molecule has 0 radical (unpaired) electrons. The zero-order chi connectivity index (χ0) is 18.1. The molecule has 2 amide bonds. The van der Waals surface area contributed by atoms with Crippen LogP contribution >= 0.6 is 0 Å². The first-order valence-corrected chi connectivity index (χ1v) is 9.44. The number of fused-ring (bicyclic) bond motifs is 1. The summed E-state index contributed by atoms with van der Waals surface area (Å²) in [6, 6.07) is 5.47. The third kappa shape index (κ3) is 3.33. The SMILES string of the molecule is Cc1cccc(C(=O)N2C[C@@H](C(=O)N3CCCCO3)C[C@H]3OCC[C@H]32)n1. The molecule has 0 N–H and O–H groups in total. The van der Waals surface area contributed by atoms with Crippen LogP contribution in [0.15, 0.2) is 18.2 Å². The van der Waals surface area contributed by atoms with Crippen molar-refractivity contribution in [1.29, 1.82) is 0 Å². The van der Waals surface area contributed by atoms with Crippen LogP contribution in [-0.2, 0) is 14.4 Å². The van der Waals surface area contributed by atoms with Crippen molar-refractivity contribution < 1.29 is 19.2 Å². The van der Waals surface area contributed by atoms with Gasteiger partial charge in [0.2, 0.25) is 0 Å². The highest BCUT2D eigenvalue weighted by molar-refractivity contribution is 5.93. The molecule has 3 fully saturated rings. The highest BCUT2D eigenvalue weighted by Gasteiger charge is 2.45. The molecule has 4 rings (SSSR count). The Morgan fingerprint density at radius 1 is 1.23 bits per heavy atom. The molecule has 140 valence electrons. The highest BCUT2D eigenvalue weighted by atomic mass is 16.7. The van der Waals surface area contributed by atoms with Crippen molar-refractivity contribution in [2.75, 3.05) is 26.3 Å². The van der Waals surface area contributed by atoms with E-state index < -0.39 is 0 Å². The molecular weight excluding hydrogens is 334 g/mol. The first kappa shape index (κ1) is 17.4. The molecule has 0 spiro atoms. The lowest BCUT2D eigenvalue weighted by molar-refractivity contribution is -0.203. The predicted octanol–water partition coefficient (Wildman–Crippen LogP) is 1.56. The number of carbonyl (C=O) groups is 2. The Balaban J connectivity index is 1.54. The summed E-state index contributed by atoms with van der Waals surface area (Å²) in [6.45, 7) is 4.10. The molecule has 1 aromatic rings. The number of piperidine rings is 1. The van der Waals surface area contributed by atoms with E-state index in [1.165, 1.54) is 5.06 Å². The van der Waals surface area contributed by atoms with E-state index in [-0.39, 0.29) is 29.9 Å². The Morgan fingerprint density at radius 3 is 2.88 bits per heavy atom. The largest absolute Gasteiger partial charge is 0.376 e. The molecule has 7 heteroatoms. The lowest BCUT2D eigenvalue weighted by Crippen LogP contribution is -2.55. The summed E-state index contributed by atoms with van der Waals surface area (Å²) < 4.78 is 5.84. The van der Waals surface area contributed by atoms with E-state index in [4.69, 9.17) is 9.57 Å². The summed E-state index contributed by atoms with van der Waals surface area (Å²) in [7, 11) is 0. The second-order valence-corrected chi connectivity index (χ2v) is 7.30. The van der Waals surface area contributed by atoms with Crippen LogP contribution in [0.25, 0.3) is 0 Å². The molecule has 0 bridgehead atoms. The standard InChI is InChI=1S/C19H25N3O4/c1-13-5-4-6-15(20-13)19(24)21-12-14(11-17-16(21)7-10-25-17)18(23)22-8-2-3-9-26-22/h4-6,14,16-17H,2-3,7-12H2,1H3/t14-,16+,17+/m0/s1. The van der Waals surface area contributed by atoms with Gasteiger partial charge in [0.05, 0.1) is 24.7 Å². The minimum absolute atomic E-state index is 0.0242. The van der Waals surface area contributed by atoms with Crippen LogP contribution in [0.4, 0.5) is 0 Å². The zero-order valence-corrected chi connectivity index (χ0v) is 15.1. The average Bonchev–Trinajstić information content (AvgIpc) is 3.15. The Hall–Kier alpha value is -1.99. The molecule has 3 saturated heterocycles. The van der Waals surface area contributed by atoms with Crippen molar-refractivity contribution in [3.8, 4) is 0 Å². The molecule has 0 aromatic carbocycles. The van der Waals surface area contributed by atoms with Gasteiger partial charge in [-0.2, -0.15) is 0 Å². The third-order valence-electron chi connectivity index (χ3n) is 5.47. The van der Waals surface area contributed by atoms with Gasteiger partial charge in [0.25, 0.3) is 11.8 Å². The summed E-state index contributed by atoms with van der Waals surface area (Å²) in [6.07, 6.45) is 3.30. The number of aromatic nitrogens is 1. The summed E-state index contributed by atoms with van der Waals surface area (Å²) >= 11 is 0. The molecule has 3 atom stereocenters. The van der Waals surface area contributed by atoms with Crippen molar-refractivity contribution in [1.82, 2.24) is 14.9 Å². The van der Waals surface area contributed by atoms with Crippen molar-refractivity contribution >= 4 is 11.8 Å². The number of pyridine rings is 1. The number of rotatable bonds is 2. The Kier molecular flexibility index (Phi) is 4.91. The molecule has 4 heterocycles. The first-order chi connectivity index (χ1) is 12.6. The smallest absolute Gasteiger partial charge is 0.272 e. The van der Waals surface area contributed by atoms with E-state index in [0.29, 0.717) is 38.4 Å². The van der Waals surface area contributed by atoms with E-state index in [0.717, 1.165) is 25.0 Å². The van der Waals surface area contributed by atoms with Crippen molar-refractivity contribution in [2.24, 2.45) is 5.92 Å².